The van der Waals surface area contributed by atoms with Crippen molar-refractivity contribution in [3.63, 3.8) is 0 Å². The van der Waals surface area contributed by atoms with E-state index < -0.39 is 10.0 Å². The SMILES string of the molecule is Cc1sc(Br)cc1S(=O)(=O)N1CCCO1. The van der Waals surface area contributed by atoms with Crippen LogP contribution in [0, 0.1) is 6.92 Å². The van der Waals surface area contributed by atoms with E-state index in [4.69, 9.17) is 4.84 Å². The van der Waals surface area contributed by atoms with Crippen molar-refractivity contribution in [3.8, 4) is 0 Å². The minimum Gasteiger partial charge on any atom is -0.284 e. The van der Waals surface area contributed by atoms with Crippen LogP contribution in [0.1, 0.15) is 11.3 Å². The first-order chi connectivity index (χ1) is 7.01. The zero-order valence-corrected chi connectivity index (χ0v) is 11.3. The topological polar surface area (TPSA) is 46.6 Å². The van der Waals surface area contributed by atoms with E-state index in [1.807, 2.05) is 0 Å². The molecule has 0 aliphatic carbocycles. The van der Waals surface area contributed by atoms with Crippen molar-refractivity contribution in [1.82, 2.24) is 4.47 Å². The molecule has 0 spiro atoms. The number of sulfonamides is 1. The zero-order valence-electron chi connectivity index (χ0n) is 8.07. The van der Waals surface area contributed by atoms with Gasteiger partial charge in [-0.3, -0.25) is 4.84 Å². The highest BCUT2D eigenvalue weighted by molar-refractivity contribution is 9.11. The van der Waals surface area contributed by atoms with Gasteiger partial charge < -0.3 is 0 Å². The lowest BCUT2D eigenvalue weighted by molar-refractivity contribution is -0.0284. The molecule has 0 saturated carbocycles. The second-order valence-corrected chi connectivity index (χ2v) is 7.62. The fourth-order valence-electron chi connectivity index (χ4n) is 1.41. The molecule has 1 aliphatic heterocycles. The number of halogens is 1. The van der Waals surface area contributed by atoms with Crippen LogP contribution in [0.5, 0.6) is 0 Å². The third-order valence-corrected chi connectivity index (χ3v) is 5.60. The van der Waals surface area contributed by atoms with Gasteiger partial charge in [0, 0.05) is 11.4 Å². The molecule has 1 aromatic heterocycles. The minimum absolute atomic E-state index is 0.335. The monoisotopic (exact) mass is 311 g/mol. The molecule has 0 aromatic carbocycles. The molecular weight excluding hydrogens is 302 g/mol. The average Bonchev–Trinajstić information content (AvgIpc) is 2.74. The lowest BCUT2D eigenvalue weighted by Gasteiger charge is -2.13. The third-order valence-electron chi connectivity index (χ3n) is 2.11. The Morgan fingerprint density at radius 3 is 2.80 bits per heavy atom. The van der Waals surface area contributed by atoms with Gasteiger partial charge in [-0.1, -0.05) is 4.47 Å². The standard InChI is InChI=1S/C8H10BrNO3S2/c1-6-7(5-8(9)14-6)15(11,12)10-3-2-4-13-10/h5H,2-4H2,1H3. The summed E-state index contributed by atoms with van der Waals surface area (Å²) in [6, 6.07) is 1.62. The van der Waals surface area contributed by atoms with E-state index in [1.165, 1.54) is 11.3 Å². The van der Waals surface area contributed by atoms with Gasteiger partial charge in [0.15, 0.2) is 0 Å². The summed E-state index contributed by atoms with van der Waals surface area (Å²) >= 11 is 4.69. The van der Waals surface area contributed by atoms with E-state index >= 15 is 0 Å². The van der Waals surface area contributed by atoms with Crippen LogP contribution in [0.4, 0.5) is 0 Å². The molecule has 1 fully saturated rings. The molecule has 2 heterocycles. The van der Waals surface area contributed by atoms with E-state index in [2.05, 4.69) is 15.9 Å². The Hall–Kier alpha value is 0.0500. The van der Waals surface area contributed by atoms with Crippen LogP contribution in [0.3, 0.4) is 0 Å². The molecular formula is C8H10BrNO3S2. The quantitative estimate of drug-likeness (QED) is 0.840. The molecule has 0 unspecified atom stereocenters. The summed E-state index contributed by atoms with van der Waals surface area (Å²) in [7, 11) is -3.46. The lowest BCUT2D eigenvalue weighted by Crippen LogP contribution is -2.26. The summed E-state index contributed by atoms with van der Waals surface area (Å²) in [6.45, 7) is 2.71. The molecule has 0 radical (unpaired) electrons. The number of rotatable bonds is 2. The number of nitrogens with zero attached hydrogens (tertiary/aromatic N) is 1. The van der Waals surface area contributed by atoms with E-state index in [0.29, 0.717) is 18.0 Å². The van der Waals surface area contributed by atoms with Gasteiger partial charge in [-0.2, -0.15) is 0 Å². The predicted octanol–water partition coefficient (Wildman–Crippen LogP) is 2.15. The number of hydrogen-bond donors (Lipinski definition) is 0. The maximum Gasteiger partial charge on any atom is 0.266 e. The fraction of sp³-hybridized carbons (Fsp3) is 0.500. The molecule has 0 N–H and O–H groups in total. The maximum absolute atomic E-state index is 12.1. The van der Waals surface area contributed by atoms with Gasteiger partial charge in [0.2, 0.25) is 0 Å². The van der Waals surface area contributed by atoms with Crippen molar-refractivity contribution in [2.45, 2.75) is 18.2 Å². The largest absolute Gasteiger partial charge is 0.284 e. The van der Waals surface area contributed by atoms with Crippen LogP contribution < -0.4 is 0 Å². The van der Waals surface area contributed by atoms with Gasteiger partial charge in [0.1, 0.15) is 0 Å². The Morgan fingerprint density at radius 2 is 2.33 bits per heavy atom. The van der Waals surface area contributed by atoms with Gasteiger partial charge in [0.25, 0.3) is 10.0 Å². The van der Waals surface area contributed by atoms with Gasteiger partial charge in [0.05, 0.1) is 15.3 Å². The smallest absolute Gasteiger partial charge is 0.266 e. The molecule has 1 aliphatic rings. The minimum atomic E-state index is -3.46. The highest BCUT2D eigenvalue weighted by atomic mass is 79.9. The van der Waals surface area contributed by atoms with Gasteiger partial charge >= 0.3 is 0 Å². The van der Waals surface area contributed by atoms with Crippen molar-refractivity contribution in [1.29, 1.82) is 0 Å². The summed E-state index contributed by atoms with van der Waals surface area (Å²) in [4.78, 5) is 6.18. The van der Waals surface area contributed by atoms with Crippen molar-refractivity contribution in [3.05, 3.63) is 14.7 Å². The van der Waals surface area contributed by atoms with E-state index in [1.54, 1.807) is 13.0 Å². The molecule has 1 aromatic rings. The molecule has 0 amide bonds. The Labute approximate surface area is 101 Å². The van der Waals surface area contributed by atoms with Crippen LogP contribution in [0.15, 0.2) is 14.7 Å². The van der Waals surface area contributed by atoms with Gasteiger partial charge in [-0.25, -0.2) is 8.42 Å². The second-order valence-electron chi connectivity index (χ2n) is 3.19. The van der Waals surface area contributed by atoms with Crippen molar-refractivity contribution in [2.24, 2.45) is 0 Å². The molecule has 2 rings (SSSR count). The summed E-state index contributed by atoms with van der Waals surface area (Å²) in [5, 5.41) is 0. The molecule has 15 heavy (non-hydrogen) atoms. The summed E-state index contributed by atoms with van der Waals surface area (Å²) in [6.07, 6.45) is 0.754. The van der Waals surface area contributed by atoms with Crippen LogP contribution in [0.2, 0.25) is 0 Å². The third kappa shape index (κ3) is 2.12. The van der Waals surface area contributed by atoms with Gasteiger partial charge in [-0.05, 0) is 35.3 Å². The molecule has 1 saturated heterocycles. The first-order valence-corrected chi connectivity index (χ1v) is 7.48. The van der Waals surface area contributed by atoms with Crippen molar-refractivity contribution >= 4 is 37.3 Å². The first-order valence-electron chi connectivity index (χ1n) is 4.43. The summed E-state index contributed by atoms with van der Waals surface area (Å²) in [5.41, 5.74) is 0. The fourth-order valence-corrected chi connectivity index (χ4v) is 5.10. The number of hydroxylamine groups is 1. The number of hydrogen-bond acceptors (Lipinski definition) is 4. The Bertz CT molecular complexity index is 462. The highest BCUT2D eigenvalue weighted by Gasteiger charge is 2.31. The average molecular weight is 312 g/mol. The van der Waals surface area contributed by atoms with Crippen LogP contribution in [-0.2, 0) is 14.9 Å². The van der Waals surface area contributed by atoms with Crippen molar-refractivity contribution < 1.29 is 13.3 Å². The van der Waals surface area contributed by atoms with E-state index in [-0.39, 0.29) is 0 Å². The molecule has 4 nitrogen and oxygen atoms in total. The second kappa shape index (κ2) is 4.14. The molecule has 0 atom stereocenters. The zero-order chi connectivity index (χ0) is 11.1. The molecule has 0 bridgehead atoms. The van der Waals surface area contributed by atoms with Crippen molar-refractivity contribution in [2.75, 3.05) is 13.2 Å². The lowest BCUT2D eigenvalue weighted by atomic mass is 10.5. The maximum atomic E-state index is 12.1. The number of aryl methyl sites for hydroxylation is 1. The molecule has 7 heteroatoms. The predicted molar refractivity (Wildman–Crippen MR) is 61.2 cm³/mol. The summed E-state index contributed by atoms with van der Waals surface area (Å²) < 4.78 is 26.0. The van der Waals surface area contributed by atoms with Crippen LogP contribution in [0.25, 0.3) is 0 Å². The first kappa shape index (κ1) is 11.5. The van der Waals surface area contributed by atoms with Crippen LogP contribution >= 0.6 is 27.3 Å². The highest BCUT2D eigenvalue weighted by Crippen LogP contribution is 2.32. The van der Waals surface area contributed by atoms with E-state index in [9.17, 15) is 8.42 Å². The molecule has 84 valence electrons. The normalized spacial score (nSPS) is 18.5. The Kier molecular flexibility index (Phi) is 3.18. The summed E-state index contributed by atoms with van der Waals surface area (Å²) in [5.74, 6) is 0. The van der Waals surface area contributed by atoms with Crippen LogP contribution in [-0.4, -0.2) is 26.0 Å². The van der Waals surface area contributed by atoms with E-state index in [0.717, 1.165) is 19.6 Å². The number of thiophene rings is 1. The Morgan fingerprint density at radius 1 is 1.60 bits per heavy atom. The Balaban J connectivity index is 2.40. The van der Waals surface area contributed by atoms with Gasteiger partial charge in [-0.15, -0.1) is 11.3 Å².